The smallest absolute Gasteiger partial charge is 0.250 e. The number of phenols is 1. The van der Waals surface area contributed by atoms with Crippen LogP contribution in [0.15, 0.2) is 47.7 Å². The third-order valence-corrected chi connectivity index (χ3v) is 9.08. The maximum atomic E-state index is 13.2. The molecule has 0 unspecified atom stereocenters. The minimum absolute atomic E-state index is 0.0403. The molecule has 1 spiro atoms. The van der Waals surface area contributed by atoms with Crippen LogP contribution in [0.25, 0.3) is 0 Å². The highest BCUT2D eigenvalue weighted by Gasteiger charge is 2.69. The van der Waals surface area contributed by atoms with Gasteiger partial charge in [-0.15, -0.1) is 0 Å². The number of fused-ring (bicyclic) bond motifs is 1. The second-order valence-corrected chi connectivity index (χ2v) is 11.3. The third-order valence-electron chi connectivity index (χ3n) is 9.08. The molecule has 2 aromatic carbocycles. The maximum absolute atomic E-state index is 13.2. The average Bonchev–Trinajstić information content (AvgIpc) is 3.61. The van der Waals surface area contributed by atoms with Crippen LogP contribution in [0.1, 0.15) is 49.8 Å². The van der Waals surface area contributed by atoms with Gasteiger partial charge in [-0.05, 0) is 81.3 Å². The Balaban J connectivity index is 1.36. The average molecular weight is 509 g/mol. The topological polar surface area (TPSA) is 102 Å². The largest absolute Gasteiger partial charge is 0.508 e. The molecule has 6 rings (SSSR count). The molecule has 7 nitrogen and oxygen atoms in total. The highest BCUT2D eigenvalue weighted by Crippen LogP contribution is 2.63. The molecule has 0 aromatic heterocycles. The van der Waals surface area contributed by atoms with E-state index in [2.05, 4.69) is 10.2 Å². The van der Waals surface area contributed by atoms with Crippen LogP contribution in [0.2, 0.25) is 0 Å². The molecule has 4 aliphatic rings. The quantitative estimate of drug-likeness (QED) is 0.352. The van der Waals surface area contributed by atoms with Gasteiger partial charge in [-0.1, -0.05) is 18.2 Å². The molecular formula is C29H33FN2O5. The fraction of sp³-hybridized carbons (Fsp3) is 0.483. The summed E-state index contributed by atoms with van der Waals surface area (Å²) >= 11 is 0. The maximum Gasteiger partial charge on any atom is 0.250 e. The molecule has 2 aliphatic carbocycles. The number of nitrogens with zero attached hydrogens (tertiary/aromatic N) is 1. The van der Waals surface area contributed by atoms with Crippen molar-refractivity contribution in [3.8, 4) is 11.5 Å². The van der Waals surface area contributed by atoms with E-state index in [4.69, 9.17) is 4.74 Å². The Hall–Kier alpha value is -3.10. The van der Waals surface area contributed by atoms with Gasteiger partial charge in [-0.3, -0.25) is 9.69 Å². The minimum atomic E-state index is -1.27. The van der Waals surface area contributed by atoms with Crippen LogP contribution in [0.3, 0.4) is 0 Å². The summed E-state index contributed by atoms with van der Waals surface area (Å²) in [6.45, 7) is 5.17. The molecule has 37 heavy (non-hydrogen) atoms. The Morgan fingerprint density at radius 3 is 2.65 bits per heavy atom. The van der Waals surface area contributed by atoms with Gasteiger partial charge in [-0.25, -0.2) is 4.39 Å². The van der Waals surface area contributed by atoms with Crippen molar-refractivity contribution < 1.29 is 29.2 Å². The number of halogens is 1. The summed E-state index contributed by atoms with van der Waals surface area (Å²) in [6.07, 6.45) is 2.55. The van der Waals surface area contributed by atoms with Crippen molar-refractivity contribution in [2.45, 2.75) is 69.2 Å². The SMILES string of the molecule is C/C(C(=O)NCc1ccc(F)cc1)=C(/O)[C@@H]1Oc2c(O)ccc3c2[C@@]12CCN(CC1CC1)[C@H](C3)[C@@]2(C)O. The summed E-state index contributed by atoms with van der Waals surface area (Å²) in [5.41, 5.74) is 0.265. The summed E-state index contributed by atoms with van der Waals surface area (Å²) in [5.74, 6) is -0.193. The summed E-state index contributed by atoms with van der Waals surface area (Å²) in [4.78, 5) is 15.4. The molecule has 2 aliphatic heterocycles. The number of aliphatic hydroxyl groups is 2. The summed E-state index contributed by atoms with van der Waals surface area (Å²) in [7, 11) is 0. The monoisotopic (exact) mass is 508 g/mol. The molecule has 196 valence electrons. The van der Waals surface area contributed by atoms with E-state index in [0.29, 0.717) is 18.8 Å². The molecule has 4 atom stereocenters. The highest BCUT2D eigenvalue weighted by atomic mass is 19.1. The van der Waals surface area contributed by atoms with Gasteiger partial charge in [0, 0.05) is 24.7 Å². The number of piperidine rings is 1. The van der Waals surface area contributed by atoms with Crippen LogP contribution >= 0.6 is 0 Å². The van der Waals surface area contributed by atoms with Gasteiger partial charge in [-0.2, -0.15) is 0 Å². The van der Waals surface area contributed by atoms with Gasteiger partial charge in [0.25, 0.3) is 5.91 Å². The molecule has 2 heterocycles. The second-order valence-electron chi connectivity index (χ2n) is 11.3. The van der Waals surface area contributed by atoms with Crippen LogP contribution < -0.4 is 10.1 Å². The molecule has 4 N–H and O–H groups in total. The predicted octanol–water partition coefficient (Wildman–Crippen LogP) is 3.47. The van der Waals surface area contributed by atoms with Crippen molar-refractivity contribution in [1.29, 1.82) is 0 Å². The number of likely N-dealkylation sites (tertiary alicyclic amines) is 1. The number of ether oxygens (including phenoxy) is 1. The van der Waals surface area contributed by atoms with E-state index in [9.17, 15) is 24.5 Å². The summed E-state index contributed by atoms with van der Waals surface area (Å²) in [5, 5.41) is 37.2. The molecule has 0 radical (unpaired) electrons. The molecule has 1 saturated heterocycles. The zero-order valence-corrected chi connectivity index (χ0v) is 21.1. The molecule has 2 aromatic rings. The number of hydrogen-bond acceptors (Lipinski definition) is 6. The number of benzene rings is 2. The molecule has 8 heteroatoms. The lowest BCUT2D eigenvalue weighted by Crippen LogP contribution is -2.73. The van der Waals surface area contributed by atoms with Gasteiger partial charge in [0.05, 0.1) is 16.6 Å². The minimum Gasteiger partial charge on any atom is -0.508 e. The van der Waals surface area contributed by atoms with Crippen molar-refractivity contribution in [2.75, 3.05) is 13.1 Å². The third kappa shape index (κ3) is 3.64. The number of aromatic hydroxyl groups is 1. The summed E-state index contributed by atoms with van der Waals surface area (Å²) in [6, 6.07) is 9.15. The van der Waals surface area contributed by atoms with Crippen LogP contribution in [-0.4, -0.2) is 57.0 Å². The van der Waals surface area contributed by atoms with Crippen molar-refractivity contribution in [3.63, 3.8) is 0 Å². The van der Waals surface area contributed by atoms with Gasteiger partial charge in [0.1, 0.15) is 11.6 Å². The van der Waals surface area contributed by atoms with E-state index < -0.39 is 23.0 Å². The van der Waals surface area contributed by atoms with E-state index in [0.717, 1.165) is 29.8 Å². The number of phenolic OH excluding ortho intramolecular Hbond substituents is 1. The Bertz CT molecular complexity index is 1290. The molecule has 2 bridgehead atoms. The van der Waals surface area contributed by atoms with Gasteiger partial charge in [0.15, 0.2) is 17.6 Å². The van der Waals surface area contributed by atoms with Crippen LogP contribution in [0.4, 0.5) is 4.39 Å². The number of carbonyl (C=O) groups is 1. The van der Waals surface area contributed by atoms with E-state index in [-0.39, 0.29) is 41.2 Å². The Kier molecular flexibility index (Phi) is 5.55. The lowest BCUT2D eigenvalue weighted by Gasteiger charge is -2.59. The first kappa shape index (κ1) is 24.2. The highest BCUT2D eigenvalue weighted by molar-refractivity contribution is 5.93. The van der Waals surface area contributed by atoms with E-state index in [1.807, 2.05) is 13.0 Å². The Labute approximate surface area is 215 Å². The molecule has 2 fully saturated rings. The summed E-state index contributed by atoms with van der Waals surface area (Å²) < 4.78 is 19.5. The first-order valence-electron chi connectivity index (χ1n) is 13.0. The fourth-order valence-corrected chi connectivity index (χ4v) is 6.80. The number of aliphatic hydroxyl groups excluding tert-OH is 1. The van der Waals surface area contributed by atoms with Crippen LogP contribution in [0, 0.1) is 11.7 Å². The molecule has 1 saturated carbocycles. The molecule has 1 amide bonds. The second kappa shape index (κ2) is 8.46. The Morgan fingerprint density at radius 2 is 1.95 bits per heavy atom. The Morgan fingerprint density at radius 1 is 1.22 bits per heavy atom. The van der Waals surface area contributed by atoms with E-state index in [1.54, 1.807) is 18.2 Å². The lowest BCUT2D eigenvalue weighted by atomic mass is 9.53. The van der Waals surface area contributed by atoms with Gasteiger partial charge >= 0.3 is 0 Å². The van der Waals surface area contributed by atoms with E-state index >= 15 is 0 Å². The van der Waals surface area contributed by atoms with Crippen molar-refractivity contribution in [2.24, 2.45) is 5.92 Å². The number of carbonyl (C=O) groups excluding carboxylic acids is 1. The number of nitrogens with one attached hydrogen (secondary N) is 1. The number of hydrogen-bond donors (Lipinski definition) is 4. The zero-order valence-electron chi connectivity index (χ0n) is 21.1. The lowest BCUT2D eigenvalue weighted by molar-refractivity contribution is -0.153. The van der Waals surface area contributed by atoms with Crippen molar-refractivity contribution in [3.05, 3.63) is 70.2 Å². The first-order valence-corrected chi connectivity index (χ1v) is 13.0. The predicted molar refractivity (Wildman–Crippen MR) is 135 cm³/mol. The molecular weight excluding hydrogens is 475 g/mol. The van der Waals surface area contributed by atoms with Crippen molar-refractivity contribution >= 4 is 5.91 Å². The van der Waals surface area contributed by atoms with Crippen LogP contribution in [0.5, 0.6) is 11.5 Å². The number of amides is 1. The van der Waals surface area contributed by atoms with Crippen molar-refractivity contribution in [1.82, 2.24) is 10.2 Å². The first-order chi connectivity index (χ1) is 17.6. The normalized spacial score (nSPS) is 30.8. The zero-order chi connectivity index (χ0) is 26.1. The standard InChI is InChI=1S/C29H33FN2O5/c1-16(27(35)31-14-17-5-8-20(30)9-6-17)24(34)26-29-11-12-32(15-18-3-4-18)22(28(29,2)36)13-19-7-10-21(33)25(37-26)23(19)29/h5-10,18,22,26,33-34,36H,3-4,11-15H2,1-2H3,(H,31,35)/b24-16-/t22-,26+,28-,29+/m1/s1. The number of rotatable bonds is 6. The van der Waals surface area contributed by atoms with Gasteiger partial charge in [0.2, 0.25) is 0 Å². The van der Waals surface area contributed by atoms with E-state index in [1.165, 1.54) is 31.9 Å². The fourth-order valence-electron chi connectivity index (χ4n) is 6.80. The van der Waals surface area contributed by atoms with Crippen LogP contribution in [-0.2, 0) is 23.2 Å². The van der Waals surface area contributed by atoms with Gasteiger partial charge < -0.3 is 25.4 Å².